The average Bonchev–Trinajstić information content (AvgIpc) is 2.74. The molecule has 0 saturated heterocycles. The highest BCUT2D eigenvalue weighted by molar-refractivity contribution is 5.67. The zero-order chi connectivity index (χ0) is 16.8. The van der Waals surface area contributed by atoms with Crippen molar-refractivity contribution in [3.05, 3.63) is 23.8 Å². The Morgan fingerprint density at radius 1 is 1.13 bits per heavy atom. The molecule has 23 heavy (non-hydrogen) atoms. The van der Waals surface area contributed by atoms with Crippen LogP contribution in [0.25, 0.3) is 0 Å². The van der Waals surface area contributed by atoms with Gasteiger partial charge >= 0.3 is 0 Å². The van der Waals surface area contributed by atoms with Crippen LogP contribution in [-0.4, -0.2) is 6.29 Å². The molecule has 0 amide bonds. The molecule has 0 aliphatic heterocycles. The van der Waals surface area contributed by atoms with Gasteiger partial charge in [0.05, 0.1) is 0 Å². The lowest BCUT2D eigenvalue weighted by Gasteiger charge is -2.56. The molecule has 0 bridgehead atoms. The van der Waals surface area contributed by atoms with E-state index in [4.69, 9.17) is 0 Å². The number of carbonyl (C=O) groups excluding carboxylic acids is 1. The Labute approximate surface area is 142 Å². The third-order valence-corrected chi connectivity index (χ3v) is 8.39. The van der Waals surface area contributed by atoms with Crippen molar-refractivity contribution in [2.75, 3.05) is 0 Å². The maximum Gasteiger partial charge on any atom is 0.142 e. The molecule has 0 spiro atoms. The Balaban J connectivity index is 1.98. The van der Waals surface area contributed by atoms with E-state index in [0.29, 0.717) is 11.3 Å². The van der Waals surface area contributed by atoms with Crippen molar-refractivity contribution in [2.24, 2.45) is 40.4 Å². The van der Waals surface area contributed by atoms with E-state index in [1.807, 2.05) is 6.08 Å². The third kappa shape index (κ3) is 2.37. The molecule has 0 aromatic carbocycles. The van der Waals surface area contributed by atoms with E-state index in [1.54, 1.807) is 0 Å². The van der Waals surface area contributed by atoms with E-state index in [2.05, 4.69) is 46.8 Å². The first kappa shape index (κ1) is 17.0. The van der Waals surface area contributed by atoms with Crippen LogP contribution in [0.3, 0.4) is 0 Å². The monoisotopic (exact) mass is 314 g/mol. The van der Waals surface area contributed by atoms with Crippen LogP contribution in [0.5, 0.6) is 0 Å². The summed E-state index contributed by atoms with van der Waals surface area (Å²) < 4.78 is 0. The lowest BCUT2D eigenvalue weighted by Crippen LogP contribution is -2.48. The van der Waals surface area contributed by atoms with E-state index < -0.39 is 0 Å². The first-order valence-electron chi connectivity index (χ1n) is 9.67. The quantitative estimate of drug-likeness (QED) is 0.357. The second-order valence-electron chi connectivity index (χ2n) is 9.07. The molecule has 3 saturated carbocycles. The number of rotatable bonds is 2. The van der Waals surface area contributed by atoms with Crippen LogP contribution in [-0.2, 0) is 4.79 Å². The van der Waals surface area contributed by atoms with Gasteiger partial charge in [0, 0.05) is 5.41 Å². The predicted octanol–water partition coefficient (Wildman–Crippen LogP) is 5.81. The molecule has 7 atom stereocenters. The van der Waals surface area contributed by atoms with Crippen molar-refractivity contribution in [2.45, 2.75) is 66.7 Å². The van der Waals surface area contributed by atoms with Gasteiger partial charge in [0.1, 0.15) is 6.29 Å². The lowest BCUT2D eigenvalue weighted by molar-refractivity contribution is -0.104. The van der Waals surface area contributed by atoms with Gasteiger partial charge in [0.15, 0.2) is 0 Å². The summed E-state index contributed by atoms with van der Waals surface area (Å²) in [5, 5.41) is 0. The molecule has 3 aliphatic carbocycles. The van der Waals surface area contributed by atoms with Gasteiger partial charge in [0.25, 0.3) is 0 Å². The summed E-state index contributed by atoms with van der Waals surface area (Å²) in [5.74, 6) is 4.16. The SMILES string of the molecule is C/C=C\C1(C)/C(=C\C=O)CCC2C1CCC1(C)C2C[C@@H](C)C1C. The summed E-state index contributed by atoms with van der Waals surface area (Å²) in [6.07, 6.45) is 14.0. The number of fused-ring (bicyclic) bond motifs is 3. The van der Waals surface area contributed by atoms with Gasteiger partial charge in [0.2, 0.25) is 0 Å². The first-order valence-corrected chi connectivity index (χ1v) is 9.67. The van der Waals surface area contributed by atoms with E-state index in [9.17, 15) is 4.79 Å². The van der Waals surface area contributed by atoms with Crippen LogP contribution in [0.2, 0.25) is 0 Å². The predicted molar refractivity (Wildman–Crippen MR) is 97.1 cm³/mol. The van der Waals surface area contributed by atoms with Crippen LogP contribution in [0, 0.1) is 40.4 Å². The van der Waals surface area contributed by atoms with Crippen molar-refractivity contribution in [1.82, 2.24) is 0 Å². The van der Waals surface area contributed by atoms with Crippen molar-refractivity contribution >= 4 is 6.29 Å². The van der Waals surface area contributed by atoms with Crippen LogP contribution < -0.4 is 0 Å². The molecule has 3 aliphatic rings. The zero-order valence-electron chi connectivity index (χ0n) is 15.6. The van der Waals surface area contributed by atoms with E-state index in [0.717, 1.165) is 36.4 Å². The highest BCUT2D eigenvalue weighted by Gasteiger charge is 2.58. The van der Waals surface area contributed by atoms with Crippen molar-refractivity contribution in [1.29, 1.82) is 0 Å². The molecule has 3 rings (SSSR count). The normalized spacial score (nSPS) is 51.7. The molecule has 128 valence electrons. The summed E-state index contributed by atoms with van der Waals surface area (Å²) in [4.78, 5) is 11.1. The molecular formula is C22H34O. The Hall–Kier alpha value is -0.850. The summed E-state index contributed by atoms with van der Waals surface area (Å²) in [6, 6.07) is 0. The Morgan fingerprint density at radius 3 is 2.52 bits per heavy atom. The summed E-state index contributed by atoms with van der Waals surface area (Å²) >= 11 is 0. The van der Waals surface area contributed by atoms with Crippen molar-refractivity contribution < 1.29 is 4.79 Å². The van der Waals surface area contributed by atoms with E-state index in [-0.39, 0.29) is 5.41 Å². The third-order valence-electron chi connectivity index (χ3n) is 8.39. The molecule has 3 fully saturated rings. The number of hydrogen-bond acceptors (Lipinski definition) is 1. The molecule has 1 nitrogen and oxygen atoms in total. The smallest absolute Gasteiger partial charge is 0.142 e. The number of aldehydes is 1. The number of carbonyl (C=O) groups is 1. The molecule has 6 unspecified atom stereocenters. The first-order chi connectivity index (χ1) is 10.9. The molecule has 0 radical (unpaired) electrons. The maximum absolute atomic E-state index is 11.1. The standard InChI is InChI=1S/C22H34O/c1-6-11-22(5)17(10-13-23)7-8-18-19(22)9-12-21(4)16(3)15(2)14-20(18)21/h6,10-11,13,15-16,18-20H,7-9,12,14H2,1-5H3/b11-6-,17-10-/t15-,16?,18?,19?,20?,21?,22?/m1/s1. The Morgan fingerprint density at radius 2 is 1.87 bits per heavy atom. The van der Waals surface area contributed by atoms with E-state index >= 15 is 0 Å². The van der Waals surface area contributed by atoms with Crippen LogP contribution in [0.4, 0.5) is 0 Å². The summed E-state index contributed by atoms with van der Waals surface area (Å²) in [5.41, 5.74) is 2.01. The second kappa shape index (κ2) is 5.90. The van der Waals surface area contributed by atoms with Gasteiger partial charge in [-0.3, -0.25) is 4.79 Å². The van der Waals surface area contributed by atoms with Gasteiger partial charge in [-0.1, -0.05) is 45.4 Å². The summed E-state index contributed by atoms with van der Waals surface area (Å²) in [7, 11) is 0. The van der Waals surface area contributed by atoms with Crippen molar-refractivity contribution in [3.63, 3.8) is 0 Å². The second-order valence-corrected chi connectivity index (χ2v) is 9.07. The van der Waals surface area contributed by atoms with Gasteiger partial charge in [-0.05, 0) is 80.1 Å². The topological polar surface area (TPSA) is 17.1 Å². The molecule has 0 N–H and O–H groups in total. The largest absolute Gasteiger partial charge is 0.299 e. The van der Waals surface area contributed by atoms with Crippen LogP contribution in [0.15, 0.2) is 23.8 Å². The summed E-state index contributed by atoms with van der Waals surface area (Å²) in [6.45, 7) is 12.1. The Kier molecular flexibility index (Phi) is 4.36. The van der Waals surface area contributed by atoms with Gasteiger partial charge in [-0.25, -0.2) is 0 Å². The molecule has 0 aromatic heterocycles. The minimum absolute atomic E-state index is 0.0922. The van der Waals surface area contributed by atoms with Crippen molar-refractivity contribution in [3.8, 4) is 0 Å². The lowest BCUT2D eigenvalue weighted by atomic mass is 9.48. The Bertz CT molecular complexity index is 530. The van der Waals surface area contributed by atoms with Crippen LogP contribution in [0.1, 0.15) is 66.7 Å². The fourth-order valence-corrected chi connectivity index (χ4v) is 6.80. The van der Waals surface area contributed by atoms with Gasteiger partial charge in [-0.15, -0.1) is 0 Å². The highest BCUT2D eigenvalue weighted by Crippen LogP contribution is 2.66. The average molecular weight is 315 g/mol. The van der Waals surface area contributed by atoms with E-state index in [1.165, 1.54) is 31.3 Å². The van der Waals surface area contributed by atoms with Gasteiger partial charge in [-0.2, -0.15) is 0 Å². The maximum atomic E-state index is 11.1. The minimum atomic E-state index is 0.0922. The minimum Gasteiger partial charge on any atom is -0.299 e. The molecule has 1 heteroatoms. The fraction of sp³-hybridized carbons (Fsp3) is 0.773. The molecule has 0 aromatic rings. The fourth-order valence-electron chi connectivity index (χ4n) is 6.80. The molecule has 0 heterocycles. The number of allylic oxidation sites excluding steroid dienone is 4. The molecular weight excluding hydrogens is 280 g/mol. The zero-order valence-corrected chi connectivity index (χ0v) is 15.6. The highest BCUT2D eigenvalue weighted by atomic mass is 16.1. The van der Waals surface area contributed by atoms with Gasteiger partial charge < -0.3 is 0 Å². The number of hydrogen-bond donors (Lipinski definition) is 0. The van der Waals surface area contributed by atoms with Crippen LogP contribution >= 0.6 is 0 Å².